The summed E-state index contributed by atoms with van der Waals surface area (Å²) in [4.78, 5) is 28.7. The number of carbonyl (C=O) groups is 2. The highest BCUT2D eigenvalue weighted by atomic mass is 19.1. The summed E-state index contributed by atoms with van der Waals surface area (Å²) < 4.78 is 27.1. The number of carbonyl (C=O) groups excluding carboxylic acids is 2. The molecule has 0 spiro atoms. The van der Waals surface area contributed by atoms with Crippen molar-refractivity contribution in [3.8, 4) is 0 Å². The Kier molecular flexibility index (Phi) is 5.93. The van der Waals surface area contributed by atoms with Gasteiger partial charge in [0.25, 0.3) is 5.91 Å². The number of halogens is 2. The van der Waals surface area contributed by atoms with Crippen LogP contribution < -0.4 is 10.2 Å². The third-order valence-corrected chi connectivity index (χ3v) is 5.15. The van der Waals surface area contributed by atoms with Crippen molar-refractivity contribution in [3.63, 3.8) is 0 Å². The second-order valence-corrected chi connectivity index (χ2v) is 7.31. The molecule has 4 rings (SSSR count). The summed E-state index contributed by atoms with van der Waals surface area (Å²) in [7, 11) is 0. The van der Waals surface area contributed by atoms with Gasteiger partial charge in [-0.3, -0.25) is 9.69 Å². The minimum atomic E-state index is -0.415. The number of nitrogens with one attached hydrogen (secondary N) is 1. The van der Waals surface area contributed by atoms with Crippen LogP contribution in [0.3, 0.4) is 0 Å². The van der Waals surface area contributed by atoms with Crippen molar-refractivity contribution in [3.05, 3.63) is 95.6 Å². The van der Waals surface area contributed by atoms with E-state index >= 15 is 0 Å². The van der Waals surface area contributed by atoms with Crippen LogP contribution in [0.15, 0.2) is 72.8 Å². The van der Waals surface area contributed by atoms with E-state index in [1.807, 2.05) is 0 Å². The lowest BCUT2D eigenvalue weighted by molar-refractivity contribution is 0.102. The molecule has 0 aliphatic carbocycles. The van der Waals surface area contributed by atoms with E-state index in [4.69, 9.17) is 0 Å². The predicted octanol–water partition coefficient (Wildman–Crippen LogP) is 5.05. The number of hydrogen-bond donors (Lipinski definition) is 1. The summed E-state index contributed by atoms with van der Waals surface area (Å²) in [6.45, 7) is 1.27. The second-order valence-electron chi connectivity index (χ2n) is 7.31. The van der Waals surface area contributed by atoms with Crippen molar-refractivity contribution in [1.29, 1.82) is 0 Å². The van der Waals surface area contributed by atoms with Gasteiger partial charge in [0, 0.05) is 35.6 Å². The molecule has 158 valence electrons. The van der Waals surface area contributed by atoms with Crippen LogP contribution in [-0.4, -0.2) is 29.9 Å². The van der Waals surface area contributed by atoms with Gasteiger partial charge in [0.2, 0.25) is 0 Å². The summed E-state index contributed by atoms with van der Waals surface area (Å²) in [5, 5.41) is 2.77. The van der Waals surface area contributed by atoms with Crippen LogP contribution in [0.4, 0.5) is 25.0 Å². The standard InChI is InChI=1S/C24H21F2N3O2/c25-19-11-9-17(10-12-19)23(30)27-20-6-3-7-21(15-20)29-14-4-13-28(24(29)31)16-18-5-1-2-8-22(18)26/h1-3,5-12,15H,4,13-14,16H2,(H,27,30). The normalized spacial score (nSPS) is 13.9. The van der Waals surface area contributed by atoms with E-state index in [-0.39, 0.29) is 24.3 Å². The molecule has 0 radical (unpaired) electrons. The molecule has 1 fully saturated rings. The highest BCUT2D eigenvalue weighted by molar-refractivity contribution is 6.04. The molecule has 0 atom stereocenters. The zero-order valence-electron chi connectivity index (χ0n) is 16.7. The fourth-order valence-electron chi connectivity index (χ4n) is 3.56. The van der Waals surface area contributed by atoms with Crippen molar-refractivity contribution < 1.29 is 18.4 Å². The lowest BCUT2D eigenvalue weighted by atomic mass is 10.1. The lowest BCUT2D eigenvalue weighted by Crippen LogP contribution is -2.49. The quantitative estimate of drug-likeness (QED) is 0.627. The van der Waals surface area contributed by atoms with Crippen LogP contribution in [0.5, 0.6) is 0 Å². The highest BCUT2D eigenvalue weighted by Gasteiger charge is 2.27. The van der Waals surface area contributed by atoms with Gasteiger partial charge in [-0.05, 0) is 55.0 Å². The highest BCUT2D eigenvalue weighted by Crippen LogP contribution is 2.25. The molecule has 0 aromatic heterocycles. The minimum absolute atomic E-state index is 0.197. The molecule has 3 aromatic rings. The van der Waals surface area contributed by atoms with Gasteiger partial charge >= 0.3 is 6.03 Å². The Balaban J connectivity index is 1.48. The first-order valence-electron chi connectivity index (χ1n) is 9.98. The van der Waals surface area contributed by atoms with Gasteiger partial charge in [0.15, 0.2) is 0 Å². The van der Waals surface area contributed by atoms with Gasteiger partial charge in [-0.1, -0.05) is 24.3 Å². The molecule has 3 amide bonds. The number of urea groups is 1. The molecule has 0 saturated carbocycles. The Morgan fingerprint density at radius 3 is 2.48 bits per heavy atom. The average molecular weight is 421 g/mol. The van der Waals surface area contributed by atoms with Crippen molar-refractivity contribution in [2.45, 2.75) is 13.0 Å². The zero-order valence-corrected chi connectivity index (χ0v) is 16.7. The molecular weight excluding hydrogens is 400 g/mol. The van der Waals surface area contributed by atoms with Crippen LogP contribution >= 0.6 is 0 Å². The van der Waals surface area contributed by atoms with Crippen molar-refractivity contribution >= 4 is 23.3 Å². The summed E-state index contributed by atoms with van der Waals surface area (Å²) >= 11 is 0. The molecular formula is C24H21F2N3O2. The monoisotopic (exact) mass is 421 g/mol. The minimum Gasteiger partial charge on any atom is -0.322 e. The average Bonchev–Trinajstić information content (AvgIpc) is 2.77. The van der Waals surface area contributed by atoms with Crippen LogP contribution in [0.25, 0.3) is 0 Å². The molecule has 31 heavy (non-hydrogen) atoms. The summed E-state index contributed by atoms with van der Waals surface area (Å²) in [5.41, 5.74) is 1.96. The maximum absolute atomic E-state index is 14.0. The Morgan fingerprint density at radius 1 is 0.935 bits per heavy atom. The van der Waals surface area contributed by atoms with E-state index in [9.17, 15) is 18.4 Å². The van der Waals surface area contributed by atoms with Crippen LogP contribution in [-0.2, 0) is 6.54 Å². The predicted molar refractivity (Wildman–Crippen MR) is 115 cm³/mol. The van der Waals surface area contributed by atoms with Crippen LogP contribution in [0, 0.1) is 11.6 Å². The van der Waals surface area contributed by atoms with E-state index in [0.717, 1.165) is 6.42 Å². The smallest absolute Gasteiger partial charge is 0.322 e. The topological polar surface area (TPSA) is 52.7 Å². The van der Waals surface area contributed by atoms with Gasteiger partial charge in [-0.2, -0.15) is 0 Å². The maximum atomic E-state index is 14.0. The lowest BCUT2D eigenvalue weighted by Gasteiger charge is -2.36. The van der Waals surface area contributed by atoms with E-state index in [1.54, 1.807) is 52.3 Å². The Labute approximate surface area is 178 Å². The number of anilines is 2. The molecule has 1 aliphatic rings. The van der Waals surface area contributed by atoms with Gasteiger partial charge < -0.3 is 10.2 Å². The summed E-state index contributed by atoms with van der Waals surface area (Å²) in [6.07, 6.45) is 0.742. The summed E-state index contributed by atoms with van der Waals surface area (Å²) in [6, 6.07) is 18.4. The van der Waals surface area contributed by atoms with Crippen molar-refractivity contribution in [2.75, 3.05) is 23.3 Å². The third kappa shape index (κ3) is 4.71. The molecule has 1 aliphatic heterocycles. The SMILES string of the molecule is O=C(Nc1cccc(N2CCCN(Cc3ccccc3F)C2=O)c1)c1ccc(F)cc1. The van der Waals surface area contributed by atoms with Gasteiger partial charge in [0.1, 0.15) is 11.6 Å². The van der Waals surface area contributed by atoms with Crippen molar-refractivity contribution in [2.24, 2.45) is 0 Å². The molecule has 5 nitrogen and oxygen atoms in total. The molecule has 1 heterocycles. The number of rotatable bonds is 5. The summed E-state index contributed by atoms with van der Waals surface area (Å²) in [5.74, 6) is -1.12. The number of amides is 3. The molecule has 3 aromatic carbocycles. The first-order valence-corrected chi connectivity index (χ1v) is 9.98. The molecule has 0 unspecified atom stereocenters. The van der Waals surface area contributed by atoms with Crippen LogP contribution in [0.1, 0.15) is 22.3 Å². The van der Waals surface area contributed by atoms with Gasteiger partial charge in [0.05, 0.1) is 6.54 Å². The second kappa shape index (κ2) is 8.95. The van der Waals surface area contributed by atoms with E-state index < -0.39 is 5.82 Å². The van der Waals surface area contributed by atoms with Gasteiger partial charge in [-0.15, -0.1) is 0 Å². The zero-order chi connectivity index (χ0) is 21.8. The van der Waals surface area contributed by atoms with E-state index in [0.29, 0.717) is 35.6 Å². The first-order chi connectivity index (χ1) is 15.0. The molecule has 1 saturated heterocycles. The van der Waals surface area contributed by atoms with E-state index in [2.05, 4.69) is 5.32 Å². The Morgan fingerprint density at radius 2 is 1.71 bits per heavy atom. The number of benzene rings is 3. The maximum Gasteiger partial charge on any atom is 0.324 e. The van der Waals surface area contributed by atoms with Crippen LogP contribution in [0.2, 0.25) is 0 Å². The fourth-order valence-corrected chi connectivity index (χ4v) is 3.56. The number of nitrogens with zero attached hydrogens (tertiary/aromatic N) is 2. The largest absolute Gasteiger partial charge is 0.324 e. The molecule has 0 bridgehead atoms. The molecule has 1 N–H and O–H groups in total. The van der Waals surface area contributed by atoms with E-state index in [1.165, 1.54) is 30.3 Å². The molecule has 7 heteroatoms. The first kappa shape index (κ1) is 20.5. The fraction of sp³-hybridized carbons (Fsp3) is 0.167. The number of hydrogen-bond acceptors (Lipinski definition) is 2. The third-order valence-electron chi connectivity index (χ3n) is 5.15. The Bertz CT molecular complexity index is 1100. The van der Waals surface area contributed by atoms with Gasteiger partial charge in [-0.25, -0.2) is 13.6 Å². The van der Waals surface area contributed by atoms with Crippen molar-refractivity contribution in [1.82, 2.24) is 4.90 Å². The Hall–Kier alpha value is -3.74.